The van der Waals surface area contributed by atoms with Gasteiger partial charge in [0.1, 0.15) is 5.78 Å². The van der Waals surface area contributed by atoms with Gasteiger partial charge in [-0.3, -0.25) is 4.99 Å². The third-order valence-electron chi connectivity index (χ3n) is 5.26. The van der Waals surface area contributed by atoms with Gasteiger partial charge in [0, 0.05) is 52.8 Å². The van der Waals surface area contributed by atoms with Crippen molar-refractivity contribution in [2.24, 2.45) is 4.99 Å². The molecule has 1 heterocycles. The van der Waals surface area contributed by atoms with Crippen molar-refractivity contribution in [2.45, 2.75) is 19.6 Å². The number of alkyl halides is 1. The number of halogens is 2. The fraction of sp³-hybridized carbons (Fsp3) is 0.241. The van der Waals surface area contributed by atoms with Crippen molar-refractivity contribution >= 4 is 54.9 Å². The summed E-state index contributed by atoms with van der Waals surface area (Å²) in [5.41, 5.74) is 4.98. The number of rotatable bonds is 10. The Hall–Kier alpha value is -2.89. The molecule has 3 rings (SSSR count). The maximum atomic E-state index is 12.1. The van der Waals surface area contributed by atoms with Crippen molar-refractivity contribution in [1.82, 2.24) is 5.32 Å². The number of aliphatic imine (C=N–C) groups is 1. The molecular formula is C29H35Cl2N4O2P. The predicted molar refractivity (Wildman–Crippen MR) is 167 cm³/mol. The first-order valence-electron chi connectivity index (χ1n) is 12.1. The van der Waals surface area contributed by atoms with Crippen molar-refractivity contribution in [2.75, 3.05) is 36.8 Å². The lowest BCUT2D eigenvalue weighted by Crippen LogP contribution is -2.31. The van der Waals surface area contributed by atoms with Crippen LogP contribution in [0.3, 0.4) is 0 Å². The average Bonchev–Trinajstić information content (AvgIpc) is 3.06. The molecular weight excluding hydrogens is 538 g/mol. The number of hydrogen-bond donors (Lipinski definition) is 3. The third-order valence-corrected chi connectivity index (χ3v) is 6.95. The summed E-state index contributed by atoms with van der Waals surface area (Å²) in [6.07, 6.45) is 9.35. The highest BCUT2D eigenvalue weighted by Crippen LogP contribution is 2.39. The minimum absolute atomic E-state index is 0.186. The molecule has 0 saturated carbocycles. The van der Waals surface area contributed by atoms with Gasteiger partial charge < -0.3 is 20.7 Å². The predicted octanol–water partition coefficient (Wildman–Crippen LogP) is 7.78. The van der Waals surface area contributed by atoms with E-state index in [0.29, 0.717) is 39.0 Å². The molecule has 0 fully saturated rings. The molecule has 2 aromatic carbocycles. The summed E-state index contributed by atoms with van der Waals surface area (Å²) in [4.78, 5) is 17.3. The number of hydrogen-bond acceptors (Lipinski definition) is 4. The normalized spacial score (nSPS) is 15.2. The molecule has 2 amide bonds. The molecule has 2 atom stereocenters. The van der Waals surface area contributed by atoms with Gasteiger partial charge in [-0.1, -0.05) is 69.8 Å². The topological polar surface area (TPSA) is 74.8 Å². The monoisotopic (exact) mass is 572 g/mol. The number of allylic oxidation sites excluding steroid dienone is 5. The molecule has 38 heavy (non-hydrogen) atoms. The Balaban J connectivity index is 0.00000247. The number of nitrogens with zero attached hydrogens (tertiary/aromatic N) is 1. The number of carbonyl (C=O) groups excluding carboxylic acids is 1. The Morgan fingerprint density at radius 1 is 1.24 bits per heavy atom. The number of benzene rings is 2. The van der Waals surface area contributed by atoms with E-state index in [4.69, 9.17) is 21.3 Å². The minimum Gasteiger partial charge on any atom is -0.380 e. The van der Waals surface area contributed by atoms with Crippen molar-refractivity contribution in [3.8, 4) is 0 Å². The quantitative estimate of drug-likeness (QED) is 0.118. The number of amides is 2. The van der Waals surface area contributed by atoms with E-state index in [1.165, 1.54) is 6.38 Å². The molecule has 3 N–H and O–H groups in total. The van der Waals surface area contributed by atoms with E-state index in [-0.39, 0.29) is 11.8 Å². The van der Waals surface area contributed by atoms with E-state index in [0.717, 1.165) is 33.5 Å². The number of urea groups is 1. The van der Waals surface area contributed by atoms with Gasteiger partial charge >= 0.3 is 6.03 Å². The second kappa shape index (κ2) is 16.8. The van der Waals surface area contributed by atoms with Crippen molar-refractivity contribution in [3.63, 3.8) is 0 Å². The van der Waals surface area contributed by atoms with Crippen LogP contribution in [0.15, 0.2) is 95.9 Å². The summed E-state index contributed by atoms with van der Waals surface area (Å²) >= 11 is 11.0. The molecule has 0 spiro atoms. The molecule has 1 aliphatic rings. The van der Waals surface area contributed by atoms with Crippen LogP contribution in [-0.2, 0) is 4.74 Å². The van der Waals surface area contributed by atoms with Crippen LogP contribution in [0, 0.1) is 0 Å². The van der Waals surface area contributed by atoms with Gasteiger partial charge in [0.2, 0.25) is 0 Å². The van der Waals surface area contributed by atoms with E-state index >= 15 is 0 Å². The lowest BCUT2D eigenvalue weighted by atomic mass is 10.0. The first kappa shape index (κ1) is 31.3. The largest absolute Gasteiger partial charge is 0.380 e. The van der Waals surface area contributed by atoms with Gasteiger partial charge in [0.15, 0.2) is 0 Å². The van der Waals surface area contributed by atoms with Crippen molar-refractivity contribution < 1.29 is 9.53 Å². The van der Waals surface area contributed by atoms with E-state index in [1.54, 1.807) is 0 Å². The standard InChI is InChI=1S/C28H32ClN4O2P.CH3Cl/c1-5-8-9-23(6-2)36-27-19(4)31-25-15-12-21(29)18-24(25)26(33-27)20-10-13-22(14-11-20)32-28(34)30-16-17-35-7-3;1-2/h5-6,8-15,18,27,31,36H,2,4,7,16-17H2,1,3H3,(H2,30,32,34);1H3/b8-5-,23-9+;. The van der Waals surface area contributed by atoms with E-state index in [2.05, 4.69) is 40.7 Å². The van der Waals surface area contributed by atoms with E-state index in [1.807, 2.05) is 80.6 Å². The third kappa shape index (κ3) is 9.45. The molecule has 0 aromatic heterocycles. The van der Waals surface area contributed by atoms with Gasteiger partial charge in [-0.25, -0.2) is 4.79 Å². The summed E-state index contributed by atoms with van der Waals surface area (Å²) in [5.74, 6) is -0.186. The van der Waals surface area contributed by atoms with Gasteiger partial charge in [-0.05, 0) is 49.5 Å². The van der Waals surface area contributed by atoms with Crippen LogP contribution in [0.25, 0.3) is 0 Å². The Bertz CT molecular complexity index is 1190. The van der Waals surface area contributed by atoms with Crippen LogP contribution in [0.2, 0.25) is 5.02 Å². The summed E-state index contributed by atoms with van der Waals surface area (Å²) in [6.45, 7) is 13.7. The Morgan fingerprint density at radius 3 is 2.63 bits per heavy atom. The number of nitrogens with one attached hydrogen (secondary N) is 3. The summed E-state index contributed by atoms with van der Waals surface area (Å²) < 4.78 is 5.24. The second-order valence-electron chi connectivity index (χ2n) is 7.87. The smallest absolute Gasteiger partial charge is 0.319 e. The van der Waals surface area contributed by atoms with Crippen LogP contribution in [0.4, 0.5) is 16.2 Å². The molecule has 202 valence electrons. The summed E-state index contributed by atoms with van der Waals surface area (Å²) in [5, 5.41) is 10.8. The number of benzodiazepines with no additional fused rings is 1. The minimum atomic E-state index is -0.280. The fourth-order valence-electron chi connectivity index (χ4n) is 3.49. The van der Waals surface area contributed by atoms with Crippen molar-refractivity contribution in [1.29, 1.82) is 0 Å². The zero-order valence-electron chi connectivity index (χ0n) is 22.0. The van der Waals surface area contributed by atoms with Crippen LogP contribution in [0.5, 0.6) is 0 Å². The van der Waals surface area contributed by atoms with Crippen LogP contribution in [0.1, 0.15) is 25.0 Å². The highest BCUT2D eigenvalue weighted by Gasteiger charge is 2.23. The molecule has 0 bridgehead atoms. The fourth-order valence-corrected chi connectivity index (χ4v) is 4.73. The first-order chi connectivity index (χ1) is 18.4. The SMILES string of the molecule is C=C/C(=C\C=C/C)PC1N=C(c2ccc(NC(=O)NCCOCC)cc2)c2cc(Cl)ccc2NC1=C.CCl. The maximum absolute atomic E-state index is 12.1. The maximum Gasteiger partial charge on any atom is 0.319 e. The molecule has 2 aromatic rings. The molecule has 1 aliphatic heterocycles. The van der Waals surface area contributed by atoms with Crippen LogP contribution in [-0.4, -0.2) is 43.7 Å². The van der Waals surface area contributed by atoms with Gasteiger partial charge in [-0.15, -0.1) is 11.6 Å². The molecule has 2 unspecified atom stereocenters. The Morgan fingerprint density at radius 2 is 1.97 bits per heavy atom. The lowest BCUT2D eigenvalue weighted by molar-refractivity contribution is 0.150. The lowest BCUT2D eigenvalue weighted by Gasteiger charge is -2.16. The van der Waals surface area contributed by atoms with Gasteiger partial charge in [0.25, 0.3) is 0 Å². The van der Waals surface area contributed by atoms with E-state index < -0.39 is 0 Å². The molecule has 9 heteroatoms. The number of fused-ring (bicyclic) bond motifs is 1. The summed E-state index contributed by atoms with van der Waals surface area (Å²) in [6, 6.07) is 13.0. The molecule has 0 aliphatic carbocycles. The number of anilines is 2. The zero-order valence-corrected chi connectivity index (χ0v) is 24.5. The molecule has 0 saturated heterocycles. The highest BCUT2D eigenvalue weighted by atomic mass is 35.5. The van der Waals surface area contributed by atoms with E-state index in [9.17, 15) is 4.79 Å². The molecule has 6 nitrogen and oxygen atoms in total. The second-order valence-corrected chi connectivity index (χ2v) is 9.72. The number of carbonyl (C=O) groups is 1. The van der Waals surface area contributed by atoms with Crippen molar-refractivity contribution in [3.05, 3.63) is 107 Å². The van der Waals surface area contributed by atoms with Gasteiger partial charge in [0.05, 0.1) is 12.3 Å². The van der Waals surface area contributed by atoms with Crippen LogP contribution >= 0.6 is 31.8 Å². The zero-order chi connectivity index (χ0) is 27.9. The average molecular weight is 574 g/mol. The Kier molecular flexibility index (Phi) is 13.9. The van der Waals surface area contributed by atoms with Crippen LogP contribution < -0.4 is 16.0 Å². The number of ether oxygens (including phenoxy) is 1. The highest BCUT2D eigenvalue weighted by molar-refractivity contribution is 7.44. The first-order valence-corrected chi connectivity index (χ1v) is 14.3. The van der Waals surface area contributed by atoms with Gasteiger partial charge in [-0.2, -0.15) is 0 Å². The Labute approximate surface area is 237 Å². The summed E-state index contributed by atoms with van der Waals surface area (Å²) in [7, 11) is 0.342. The molecule has 0 radical (unpaired) electrons.